The van der Waals surface area contributed by atoms with Crippen molar-refractivity contribution in [2.75, 3.05) is 0 Å². The van der Waals surface area contributed by atoms with E-state index in [1.807, 2.05) is 18.3 Å². The Morgan fingerprint density at radius 3 is 2.80 bits per heavy atom. The summed E-state index contributed by atoms with van der Waals surface area (Å²) >= 11 is 1.87. The molecule has 0 radical (unpaired) electrons. The predicted octanol–water partition coefficient (Wildman–Crippen LogP) is 3.34. The summed E-state index contributed by atoms with van der Waals surface area (Å²) < 4.78 is 0. The molecular formula is C9H12S. The highest BCUT2D eigenvalue weighted by atomic mass is 32.1. The summed E-state index contributed by atoms with van der Waals surface area (Å²) in [6.07, 6.45) is 5.37. The smallest absolute Gasteiger partial charge is 0.0269 e. The second-order valence-electron chi connectivity index (χ2n) is 2.16. The third-order valence-electron chi connectivity index (χ3n) is 1.36. The summed E-state index contributed by atoms with van der Waals surface area (Å²) in [5.74, 6) is 0. The minimum atomic E-state index is 1.15. The van der Waals surface area contributed by atoms with Crippen molar-refractivity contribution in [1.82, 2.24) is 0 Å². The molecule has 1 rings (SSSR count). The van der Waals surface area contributed by atoms with Crippen LogP contribution in [-0.2, 0) is 6.42 Å². The molecule has 0 saturated carbocycles. The first-order chi connectivity index (χ1) is 4.86. The van der Waals surface area contributed by atoms with Crippen molar-refractivity contribution < 1.29 is 0 Å². The molecule has 0 spiro atoms. The minimum absolute atomic E-state index is 1.15. The van der Waals surface area contributed by atoms with Crippen LogP contribution in [0.25, 0.3) is 6.08 Å². The molecule has 54 valence electrons. The van der Waals surface area contributed by atoms with Gasteiger partial charge in [-0.3, -0.25) is 0 Å². The number of hydrogen-bond donors (Lipinski definition) is 0. The fourth-order valence-electron chi connectivity index (χ4n) is 0.838. The van der Waals surface area contributed by atoms with Crippen LogP contribution in [0, 0.1) is 0 Å². The van der Waals surface area contributed by atoms with Crippen LogP contribution in [0.4, 0.5) is 0 Å². The van der Waals surface area contributed by atoms with E-state index in [2.05, 4.69) is 31.2 Å². The Balaban J connectivity index is 2.78. The van der Waals surface area contributed by atoms with E-state index < -0.39 is 0 Å². The van der Waals surface area contributed by atoms with E-state index in [0.29, 0.717) is 0 Å². The molecule has 0 aliphatic rings. The van der Waals surface area contributed by atoms with Crippen LogP contribution in [0.1, 0.15) is 23.6 Å². The van der Waals surface area contributed by atoms with Crippen molar-refractivity contribution in [2.45, 2.75) is 20.3 Å². The number of aryl methyl sites for hydroxylation is 1. The Morgan fingerprint density at radius 1 is 1.50 bits per heavy atom. The monoisotopic (exact) mass is 152 g/mol. The zero-order chi connectivity index (χ0) is 7.40. The third kappa shape index (κ3) is 1.71. The van der Waals surface area contributed by atoms with Gasteiger partial charge in [-0.15, -0.1) is 11.3 Å². The highest BCUT2D eigenvalue weighted by Crippen LogP contribution is 2.17. The lowest BCUT2D eigenvalue weighted by Gasteiger charge is -1.82. The van der Waals surface area contributed by atoms with Gasteiger partial charge in [0.25, 0.3) is 0 Å². The molecule has 1 heteroatoms. The maximum atomic E-state index is 2.19. The Hall–Kier alpha value is -0.560. The summed E-state index contributed by atoms with van der Waals surface area (Å²) in [6.45, 7) is 4.23. The lowest BCUT2D eigenvalue weighted by molar-refractivity contribution is 1.19. The Bertz CT molecular complexity index is 220. The van der Waals surface area contributed by atoms with E-state index in [9.17, 15) is 0 Å². The summed E-state index contributed by atoms with van der Waals surface area (Å²) in [5, 5.41) is 0. The van der Waals surface area contributed by atoms with Gasteiger partial charge < -0.3 is 0 Å². The fourth-order valence-corrected chi connectivity index (χ4v) is 1.76. The maximum Gasteiger partial charge on any atom is 0.0269 e. The highest BCUT2D eigenvalue weighted by molar-refractivity contribution is 7.12. The molecule has 1 aromatic heterocycles. The van der Waals surface area contributed by atoms with Gasteiger partial charge in [-0.2, -0.15) is 0 Å². The normalized spacial score (nSPS) is 11.0. The molecule has 0 aliphatic carbocycles. The van der Waals surface area contributed by atoms with Crippen LogP contribution in [0.15, 0.2) is 18.2 Å². The molecule has 0 aliphatic heterocycles. The molecule has 0 nitrogen and oxygen atoms in total. The van der Waals surface area contributed by atoms with Crippen LogP contribution < -0.4 is 0 Å². The number of allylic oxidation sites excluding steroid dienone is 1. The highest BCUT2D eigenvalue weighted by Gasteiger charge is 1.92. The third-order valence-corrected chi connectivity index (χ3v) is 2.56. The first kappa shape index (κ1) is 7.55. The molecule has 10 heavy (non-hydrogen) atoms. The topological polar surface area (TPSA) is 0 Å². The van der Waals surface area contributed by atoms with Gasteiger partial charge in [0.1, 0.15) is 0 Å². The van der Waals surface area contributed by atoms with Crippen LogP contribution in [0.2, 0.25) is 0 Å². The summed E-state index contributed by atoms with van der Waals surface area (Å²) in [5.41, 5.74) is 0. The van der Waals surface area contributed by atoms with Gasteiger partial charge in [0.2, 0.25) is 0 Å². The van der Waals surface area contributed by atoms with Crippen LogP contribution in [0.3, 0.4) is 0 Å². The fraction of sp³-hybridized carbons (Fsp3) is 0.333. The van der Waals surface area contributed by atoms with Gasteiger partial charge in [0, 0.05) is 9.75 Å². The largest absolute Gasteiger partial charge is 0.141 e. The molecule has 0 bridgehead atoms. The second kappa shape index (κ2) is 3.57. The zero-order valence-corrected chi connectivity index (χ0v) is 7.24. The van der Waals surface area contributed by atoms with Crippen LogP contribution in [0.5, 0.6) is 0 Å². The van der Waals surface area contributed by atoms with Crippen molar-refractivity contribution >= 4 is 17.4 Å². The standard InChI is InChI=1S/C9H12S/c1-3-5-9-7-6-8(4-2)10-9/h3,5-7H,4H2,1-2H3. The van der Waals surface area contributed by atoms with Crippen LogP contribution >= 0.6 is 11.3 Å². The molecule has 0 fully saturated rings. The molecule has 0 amide bonds. The second-order valence-corrected chi connectivity index (χ2v) is 3.36. The van der Waals surface area contributed by atoms with E-state index in [-0.39, 0.29) is 0 Å². The van der Waals surface area contributed by atoms with E-state index in [1.54, 1.807) is 0 Å². The first-order valence-corrected chi connectivity index (χ1v) is 4.40. The van der Waals surface area contributed by atoms with Gasteiger partial charge in [-0.1, -0.05) is 13.0 Å². The quantitative estimate of drug-likeness (QED) is 0.609. The molecule has 1 heterocycles. The number of rotatable bonds is 2. The molecule has 0 aromatic carbocycles. The van der Waals surface area contributed by atoms with Gasteiger partial charge in [-0.25, -0.2) is 0 Å². The Labute approximate surface area is 66.2 Å². The van der Waals surface area contributed by atoms with E-state index >= 15 is 0 Å². The van der Waals surface area contributed by atoms with Gasteiger partial charge in [0.05, 0.1) is 0 Å². The average Bonchev–Trinajstić information content (AvgIpc) is 2.37. The van der Waals surface area contributed by atoms with Crippen molar-refractivity contribution in [1.29, 1.82) is 0 Å². The molecule has 1 aromatic rings. The lowest BCUT2D eigenvalue weighted by Crippen LogP contribution is -1.63. The van der Waals surface area contributed by atoms with Crippen molar-refractivity contribution in [3.63, 3.8) is 0 Å². The SMILES string of the molecule is CC=Cc1ccc(CC)s1. The molecule has 0 atom stereocenters. The van der Waals surface area contributed by atoms with E-state index in [4.69, 9.17) is 0 Å². The van der Waals surface area contributed by atoms with Crippen molar-refractivity contribution in [2.24, 2.45) is 0 Å². The predicted molar refractivity (Wildman–Crippen MR) is 48.4 cm³/mol. The van der Waals surface area contributed by atoms with Crippen molar-refractivity contribution in [3.8, 4) is 0 Å². The lowest BCUT2D eigenvalue weighted by atomic mass is 10.3. The van der Waals surface area contributed by atoms with Gasteiger partial charge in [-0.05, 0) is 31.6 Å². The average molecular weight is 152 g/mol. The number of hydrogen-bond acceptors (Lipinski definition) is 1. The summed E-state index contributed by atoms with van der Waals surface area (Å²) in [4.78, 5) is 2.83. The number of thiophene rings is 1. The van der Waals surface area contributed by atoms with Gasteiger partial charge in [0.15, 0.2) is 0 Å². The summed E-state index contributed by atoms with van der Waals surface area (Å²) in [6, 6.07) is 4.36. The van der Waals surface area contributed by atoms with E-state index in [1.165, 1.54) is 9.75 Å². The minimum Gasteiger partial charge on any atom is -0.141 e. The van der Waals surface area contributed by atoms with Gasteiger partial charge >= 0.3 is 0 Å². The zero-order valence-electron chi connectivity index (χ0n) is 6.42. The van der Waals surface area contributed by atoms with Crippen molar-refractivity contribution in [3.05, 3.63) is 28.0 Å². The molecule has 0 N–H and O–H groups in total. The molecule has 0 unspecified atom stereocenters. The summed E-state index contributed by atoms with van der Waals surface area (Å²) in [7, 11) is 0. The molecular weight excluding hydrogens is 140 g/mol. The Morgan fingerprint density at radius 2 is 2.30 bits per heavy atom. The molecule has 0 saturated heterocycles. The Kier molecular flexibility index (Phi) is 2.69. The van der Waals surface area contributed by atoms with Crippen LogP contribution in [-0.4, -0.2) is 0 Å². The maximum absolute atomic E-state index is 2.19. The van der Waals surface area contributed by atoms with E-state index in [0.717, 1.165) is 6.42 Å². The first-order valence-electron chi connectivity index (χ1n) is 3.58.